The Bertz CT molecular complexity index is 1100. The lowest BCUT2D eigenvalue weighted by Gasteiger charge is -2.16. The Labute approximate surface area is 191 Å². The van der Waals surface area contributed by atoms with E-state index >= 15 is 0 Å². The van der Waals surface area contributed by atoms with Crippen LogP contribution in [0.4, 0.5) is 0 Å². The molecule has 9 heteroatoms. The van der Waals surface area contributed by atoms with Crippen molar-refractivity contribution in [2.24, 2.45) is 0 Å². The SMILES string of the molecule is COc1ccc(CCNCC(O)COc2ccc(OCCO)c3[nH]c(=O)ccc23)cc1OC. The predicted octanol–water partition coefficient (Wildman–Crippen LogP) is 1.49. The number of benzene rings is 2. The van der Waals surface area contributed by atoms with Gasteiger partial charge in [0.05, 0.1) is 26.3 Å². The molecule has 1 unspecified atom stereocenters. The lowest BCUT2D eigenvalue weighted by Crippen LogP contribution is -2.32. The Balaban J connectivity index is 1.51. The smallest absolute Gasteiger partial charge is 0.248 e. The molecule has 0 saturated carbocycles. The van der Waals surface area contributed by atoms with E-state index in [9.17, 15) is 9.90 Å². The Morgan fingerprint density at radius 1 is 0.970 bits per heavy atom. The second kappa shape index (κ2) is 12.1. The summed E-state index contributed by atoms with van der Waals surface area (Å²) in [6.45, 7) is 1.09. The van der Waals surface area contributed by atoms with Gasteiger partial charge in [-0.25, -0.2) is 0 Å². The molecule has 1 atom stereocenters. The van der Waals surface area contributed by atoms with Gasteiger partial charge in [0.15, 0.2) is 11.5 Å². The quantitative estimate of drug-likeness (QED) is 0.284. The van der Waals surface area contributed by atoms with Gasteiger partial charge < -0.3 is 39.5 Å². The molecule has 1 aromatic heterocycles. The minimum Gasteiger partial charge on any atom is -0.493 e. The van der Waals surface area contributed by atoms with Gasteiger partial charge in [-0.1, -0.05) is 6.07 Å². The van der Waals surface area contributed by atoms with Gasteiger partial charge in [-0.2, -0.15) is 0 Å². The van der Waals surface area contributed by atoms with Crippen LogP contribution in [0.15, 0.2) is 47.3 Å². The molecule has 1 heterocycles. The van der Waals surface area contributed by atoms with Crippen molar-refractivity contribution in [3.63, 3.8) is 0 Å². The Morgan fingerprint density at radius 2 is 1.73 bits per heavy atom. The minimum atomic E-state index is -0.724. The molecule has 4 N–H and O–H groups in total. The number of nitrogens with one attached hydrogen (secondary N) is 2. The number of hydrogen-bond acceptors (Lipinski definition) is 8. The fraction of sp³-hybridized carbons (Fsp3) is 0.375. The molecule has 0 fully saturated rings. The molecule has 0 aliphatic carbocycles. The molecule has 178 valence electrons. The van der Waals surface area contributed by atoms with E-state index in [1.54, 1.807) is 32.4 Å². The first-order valence-electron chi connectivity index (χ1n) is 10.7. The second-order valence-corrected chi connectivity index (χ2v) is 7.35. The summed E-state index contributed by atoms with van der Waals surface area (Å²) in [5, 5.41) is 23.2. The van der Waals surface area contributed by atoms with Gasteiger partial charge >= 0.3 is 0 Å². The summed E-state index contributed by atoms with van der Waals surface area (Å²) in [5.74, 6) is 2.33. The van der Waals surface area contributed by atoms with Crippen LogP contribution in [0.2, 0.25) is 0 Å². The van der Waals surface area contributed by atoms with E-state index in [-0.39, 0.29) is 25.4 Å². The third-order valence-corrected chi connectivity index (χ3v) is 5.02. The monoisotopic (exact) mass is 458 g/mol. The van der Waals surface area contributed by atoms with Gasteiger partial charge in [-0.05, 0) is 48.9 Å². The highest BCUT2D eigenvalue weighted by molar-refractivity contribution is 5.89. The van der Waals surface area contributed by atoms with Crippen LogP contribution in [-0.4, -0.2) is 68.4 Å². The number of pyridine rings is 1. The summed E-state index contributed by atoms with van der Waals surface area (Å²) in [5.41, 5.74) is 1.30. The van der Waals surface area contributed by atoms with Crippen molar-refractivity contribution in [1.82, 2.24) is 10.3 Å². The van der Waals surface area contributed by atoms with E-state index in [0.717, 1.165) is 12.0 Å². The van der Waals surface area contributed by atoms with Crippen LogP contribution in [0, 0.1) is 0 Å². The van der Waals surface area contributed by atoms with Crippen molar-refractivity contribution in [3.8, 4) is 23.0 Å². The largest absolute Gasteiger partial charge is 0.493 e. The molecule has 3 rings (SSSR count). The van der Waals surface area contributed by atoms with Crippen molar-refractivity contribution in [3.05, 3.63) is 58.4 Å². The highest BCUT2D eigenvalue weighted by Crippen LogP contribution is 2.31. The number of H-pyrrole nitrogens is 1. The van der Waals surface area contributed by atoms with Crippen molar-refractivity contribution in [2.45, 2.75) is 12.5 Å². The topological polar surface area (TPSA) is 122 Å². The zero-order valence-electron chi connectivity index (χ0n) is 18.8. The van der Waals surface area contributed by atoms with Gasteiger partial charge in [0.2, 0.25) is 5.56 Å². The maximum atomic E-state index is 11.7. The zero-order valence-corrected chi connectivity index (χ0v) is 18.8. The summed E-state index contributed by atoms with van der Waals surface area (Å²) in [6, 6.07) is 12.2. The number of aromatic nitrogens is 1. The molecule has 9 nitrogen and oxygen atoms in total. The average molecular weight is 459 g/mol. The van der Waals surface area contributed by atoms with Crippen molar-refractivity contribution in [2.75, 3.05) is 47.1 Å². The number of rotatable bonds is 13. The predicted molar refractivity (Wildman–Crippen MR) is 125 cm³/mol. The summed E-state index contributed by atoms with van der Waals surface area (Å²) in [4.78, 5) is 14.5. The van der Waals surface area contributed by atoms with Crippen LogP contribution in [0.1, 0.15) is 5.56 Å². The van der Waals surface area contributed by atoms with Crippen molar-refractivity contribution < 1.29 is 29.2 Å². The number of aliphatic hydroxyl groups excluding tert-OH is 2. The van der Waals surface area contributed by atoms with Gasteiger partial charge in [-0.15, -0.1) is 0 Å². The van der Waals surface area contributed by atoms with E-state index in [1.165, 1.54) is 6.07 Å². The Kier molecular flexibility index (Phi) is 8.94. The lowest BCUT2D eigenvalue weighted by atomic mass is 10.1. The highest BCUT2D eigenvalue weighted by atomic mass is 16.5. The number of ether oxygens (including phenoxy) is 4. The molecule has 0 saturated heterocycles. The summed E-state index contributed by atoms with van der Waals surface area (Å²) in [7, 11) is 3.21. The first-order valence-corrected chi connectivity index (χ1v) is 10.7. The van der Waals surface area contributed by atoms with Crippen molar-refractivity contribution >= 4 is 10.9 Å². The van der Waals surface area contributed by atoms with Gasteiger partial charge in [0.1, 0.15) is 30.8 Å². The summed E-state index contributed by atoms with van der Waals surface area (Å²) >= 11 is 0. The fourth-order valence-electron chi connectivity index (χ4n) is 3.38. The Hall–Kier alpha value is -3.27. The maximum Gasteiger partial charge on any atom is 0.248 e. The van der Waals surface area contributed by atoms with Gasteiger partial charge in [0.25, 0.3) is 0 Å². The minimum absolute atomic E-state index is 0.0778. The third kappa shape index (κ3) is 6.61. The van der Waals surface area contributed by atoms with E-state index in [2.05, 4.69) is 10.3 Å². The first-order chi connectivity index (χ1) is 16.0. The van der Waals surface area contributed by atoms with Gasteiger partial charge in [-0.3, -0.25) is 4.79 Å². The standard InChI is InChI=1S/C24H30N2O7/c1-30-20-5-3-16(13-22(20)31-2)9-10-25-14-17(28)15-33-19-6-7-21(32-12-11-27)24-18(19)4-8-23(29)26-24/h3-8,13,17,25,27-28H,9-12,14-15H2,1-2H3,(H,26,29). The number of fused-ring (bicyclic) bond motifs is 1. The van der Waals surface area contributed by atoms with E-state index < -0.39 is 6.10 Å². The zero-order chi connectivity index (χ0) is 23.6. The molecule has 0 aliphatic heterocycles. The molecule has 2 aromatic carbocycles. The lowest BCUT2D eigenvalue weighted by molar-refractivity contribution is 0.107. The van der Waals surface area contributed by atoms with E-state index in [1.807, 2.05) is 18.2 Å². The second-order valence-electron chi connectivity index (χ2n) is 7.35. The number of aliphatic hydroxyl groups is 2. The van der Waals surface area contributed by atoms with Crippen LogP contribution in [-0.2, 0) is 6.42 Å². The average Bonchev–Trinajstić information content (AvgIpc) is 2.84. The van der Waals surface area contributed by atoms with Gasteiger partial charge in [0, 0.05) is 18.0 Å². The van der Waals surface area contributed by atoms with Crippen LogP contribution in [0.3, 0.4) is 0 Å². The molecule has 0 amide bonds. The molecule has 0 bridgehead atoms. The van der Waals surface area contributed by atoms with E-state index in [4.69, 9.17) is 24.1 Å². The van der Waals surface area contributed by atoms with Crippen LogP contribution < -0.4 is 29.8 Å². The molecular formula is C24H30N2O7. The molecule has 33 heavy (non-hydrogen) atoms. The molecule has 3 aromatic rings. The van der Waals surface area contributed by atoms with E-state index in [0.29, 0.717) is 47.0 Å². The summed E-state index contributed by atoms with van der Waals surface area (Å²) < 4.78 is 21.9. The normalized spacial score (nSPS) is 11.9. The number of aromatic amines is 1. The third-order valence-electron chi connectivity index (χ3n) is 5.02. The van der Waals surface area contributed by atoms with Crippen molar-refractivity contribution in [1.29, 1.82) is 0 Å². The molecule has 0 radical (unpaired) electrons. The number of methoxy groups -OCH3 is 2. The van der Waals surface area contributed by atoms with Crippen LogP contribution in [0.25, 0.3) is 10.9 Å². The molecule has 0 spiro atoms. The Morgan fingerprint density at radius 3 is 2.48 bits per heavy atom. The fourth-order valence-corrected chi connectivity index (χ4v) is 3.38. The number of hydrogen-bond donors (Lipinski definition) is 4. The molecular weight excluding hydrogens is 428 g/mol. The first kappa shape index (κ1) is 24.4. The summed E-state index contributed by atoms with van der Waals surface area (Å²) in [6.07, 6.45) is 0.0415. The maximum absolute atomic E-state index is 11.7. The van der Waals surface area contributed by atoms with Crippen LogP contribution >= 0.6 is 0 Å². The highest BCUT2D eigenvalue weighted by Gasteiger charge is 2.12. The molecule has 0 aliphatic rings. The van der Waals surface area contributed by atoms with Crippen LogP contribution in [0.5, 0.6) is 23.0 Å².